The lowest BCUT2D eigenvalue weighted by Crippen LogP contribution is -2.46. The van der Waals surface area contributed by atoms with E-state index in [2.05, 4.69) is 26.7 Å². The van der Waals surface area contributed by atoms with Crippen LogP contribution in [0.1, 0.15) is 19.4 Å². The van der Waals surface area contributed by atoms with Gasteiger partial charge in [-0.25, -0.2) is 9.18 Å². The van der Waals surface area contributed by atoms with Crippen LogP contribution < -0.4 is 32.0 Å². The standard InChI is InChI=1S/C16H20FN5O3/c1-10(2)25-14-4-3-12(8-13(14)17)20-22-21-16(24)19-9-11-5-6-18-15(23)7-11/h3-8,10,20,22H,9H2,1-2H3,(H,18,23)(H2,19,21,24). The minimum absolute atomic E-state index is 0.128. The molecule has 9 heteroatoms. The Kier molecular flexibility index (Phi) is 6.35. The molecule has 0 saturated carbocycles. The summed E-state index contributed by atoms with van der Waals surface area (Å²) in [6.07, 6.45) is 1.37. The molecule has 0 radical (unpaired) electrons. The molecule has 0 aliphatic carbocycles. The minimum Gasteiger partial charge on any atom is -0.488 e. The van der Waals surface area contributed by atoms with E-state index >= 15 is 0 Å². The van der Waals surface area contributed by atoms with Gasteiger partial charge in [-0.05, 0) is 37.6 Å². The molecule has 0 aliphatic heterocycles. The molecule has 134 valence electrons. The van der Waals surface area contributed by atoms with Crippen molar-refractivity contribution in [1.82, 2.24) is 21.3 Å². The summed E-state index contributed by atoms with van der Waals surface area (Å²) in [5, 5.41) is 2.56. The van der Waals surface area contributed by atoms with Crippen molar-refractivity contribution in [1.29, 1.82) is 0 Å². The van der Waals surface area contributed by atoms with E-state index in [-0.39, 0.29) is 24.0 Å². The number of carbonyl (C=O) groups is 1. The van der Waals surface area contributed by atoms with Crippen molar-refractivity contribution in [3.05, 3.63) is 58.3 Å². The molecule has 5 N–H and O–H groups in total. The summed E-state index contributed by atoms with van der Waals surface area (Å²) in [4.78, 5) is 25.2. The maximum absolute atomic E-state index is 13.8. The highest BCUT2D eigenvalue weighted by Gasteiger charge is 2.06. The van der Waals surface area contributed by atoms with E-state index in [9.17, 15) is 14.0 Å². The van der Waals surface area contributed by atoms with Gasteiger partial charge in [0.15, 0.2) is 11.6 Å². The largest absolute Gasteiger partial charge is 0.488 e. The molecular weight excluding hydrogens is 329 g/mol. The predicted molar refractivity (Wildman–Crippen MR) is 91.4 cm³/mol. The number of aromatic nitrogens is 1. The van der Waals surface area contributed by atoms with E-state index in [1.54, 1.807) is 26.0 Å². The zero-order valence-corrected chi connectivity index (χ0v) is 13.9. The van der Waals surface area contributed by atoms with Crippen molar-refractivity contribution in [3.63, 3.8) is 0 Å². The van der Waals surface area contributed by atoms with Gasteiger partial charge in [0.25, 0.3) is 0 Å². The van der Waals surface area contributed by atoms with Crippen LogP contribution in [0.4, 0.5) is 14.9 Å². The summed E-state index contributed by atoms with van der Waals surface area (Å²) in [5.41, 5.74) is 8.24. The van der Waals surface area contributed by atoms with E-state index in [0.29, 0.717) is 11.3 Å². The molecule has 0 bridgehead atoms. The highest BCUT2D eigenvalue weighted by molar-refractivity contribution is 5.73. The number of pyridine rings is 1. The normalized spacial score (nSPS) is 10.4. The molecule has 25 heavy (non-hydrogen) atoms. The number of aromatic amines is 1. The summed E-state index contributed by atoms with van der Waals surface area (Å²) in [6.45, 7) is 3.80. The third-order valence-corrected chi connectivity index (χ3v) is 2.97. The Morgan fingerprint density at radius 2 is 2.08 bits per heavy atom. The Bertz CT molecular complexity index is 778. The van der Waals surface area contributed by atoms with Crippen LogP contribution in [0.5, 0.6) is 5.75 Å². The molecule has 0 atom stereocenters. The summed E-state index contributed by atoms with van der Waals surface area (Å²) in [7, 11) is 0. The molecule has 2 rings (SSSR count). The maximum Gasteiger partial charge on any atom is 0.330 e. The van der Waals surface area contributed by atoms with Crippen molar-refractivity contribution in [2.24, 2.45) is 0 Å². The lowest BCUT2D eigenvalue weighted by Gasteiger charge is -2.13. The number of halogens is 1. The van der Waals surface area contributed by atoms with E-state index in [4.69, 9.17) is 4.74 Å². The topological polar surface area (TPSA) is 107 Å². The summed E-state index contributed by atoms with van der Waals surface area (Å²) >= 11 is 0. The van der Waals surface area contributed by atoms with E-state index in [1.165, 1.54) is 24.4 Å². The fraction of sp³-hybridized carbons (Fsp3) is 0.250. The number of nitrogens with one attached hydrogen (secondary N) is 5. The molecule has 0 spiro atoms. The number of hydrogen-bond donors (Lipinski definition) is 5. The van der Waals surface area contributed by atoms with Crippen molar-refractivity contribution in [3.8, 4) is 5.75 Å². The van der Waals surface area contributed by atoms with Crippen molar-refractivity contribution >= 4 is 11.7 Å². The monoisotopic (exact) mass is 349 g/mol. The van der Waals surface area contributed by atoms with Gasteiger partial charge in [-0.1, -0.05) is 0 Å². The SMILES string of the molecule is CC(C)Oc1ccc(NNNC(=O)NCc2cc[nH]c(=O)c2)cc1F. The average molecular weight is 349 g/mol. The Balaban J connectivity index is 1.75. The highest BCUT2D eigenvalue weighted by Crippen LogP contribution is 2.21. The first-order valence-corrected chi connectivity index (χ1v) is 7.62. The molecule has 2 amide bonds. The maximum atomic E-state index is 13.8. The van der Waals surface area contributed by atoms with Crippen LogP contribution in [0, 0.1) is 5.82 Å². The van der Waals surface area contributed by atoms with E-state index < -0.39 is 11.8 Å². The molecule has 2 aromatic rings. The van der Waals surface area contributed by atoms with Crippen LogP contribution in [-0.2, 0) is 6.54 Å². The number of hydrogen-bond acceptors (Lipinski definition) is 5. The molecule has 1 aromatic carbocycles. The van der Waals surface area contributed by atoms with Gasteiger partial charge in [0, 0.05) is 24.9 Å². The molecule has 0 saturated heterocycles. The van der Waals surface area contributed by atoms with Crippen LogP contribution in [0.3, 0.4) is 0 Å². The van der Waals surface area contributed by atoms with Gasteiger partial charge < -0.3 is 20.5 Å². The number of hydrazine groups is 2. The second kappa shape index (κ2) is 8.69. The van der Waals surface area contributed by atoms with Gasteiger partial charge in [-0.15, -0.1) is 5.53 Å². The quantitative estimate of drug-likeness (QED) is 0.489. The molecule has 8 nitrogen and oxygen atoms in total. The first-order valence-electron chi connectivity index (χ1n) is 7.62. The third kappa shape index (κ3) is 6.15. The number of anilines is 1. The number of H-pyrrole nitrogens is 1. The molecule has 0 fully saturated rings. The summed E-state index contributed by atoms with van der Waals surface area (Å²) in [6, 6.07) is 6.87. The molecule has 1 heterocycles. The van der Waals surface area contributed by atoms with Gasteiger partial charge in [-0.3, -0.25) is 10.2 Å². The summed E-state index contributed by atoms with van der Waals surface area (Å²) in [5.74, 6) is -0.358. The zero-order chi connectivity index (χ0) is 18.2. The van der Waals surface area contributed by atoms with Crippen molar-refractivity contribution in [2.45, 2.75) is 26.5 Å². The number of urea groups is 1. The fourth-order valence-electron chi connectivity index (χ4n) is 1.91. The van der Waals surface area contributed by atoms with Crippen LogP contribution in [0.2, 0.25) is 0 Å². The van der Waals surface area contributed by atoms with Gasteiger partial charge in [-0.2, -0.15) is 0 Å². The number of rotatable bonds is 7. The third-order valence-electron chi connectivity index (χ3n) is 2.97. The lowest BCUT2D eigenvalue weighted by atomic mass is 10.3. The van der Waals surface area contributed by atoms with Gasteiger partial charge in [0.05, 0.1) is 11.8 Å². The van der Waals surface area contributed by atoms with E-state index in [0.717, 1.165) is 0 Å². The Hall–Kier alpha value is -3.07. The van der Waals surface area contributed by atoms with Crippen LogP contribution in [0.15, 0.2) is 41.3 Å². The van der Waals surface area contributed by atoms with Gasteiger partial charge in [0.2, 0.25) is 5.56 Å². The summed E-state index contributed by atoms with van der Waals surface area (Å²) < 4.78 is 19.1. The van der Waals surface area contributed by atoms with E-state index in [1.807, 2.05) is 0 Å². The number of ether oxygens (including phenoxy) is 1. The van der Waals surface area contributed by atoms with Crippen LogP contribution >= 0.6 is 0 Å². The Morgan fingerprint density at radius 1 is 1.28 bits per heavy atom. The van der Waals surface area contributed by atoms with Crippen molar-refractivity contribution in [2.75, 3.05) is 5.43 Å². The Morgan fingerprint density at radius 3 is 2.76 bits per heavy atom. The first-order chi connectivity index (χ1) is 11.9. The van der Waals surface area contributed by atoms with Gasteiger partial charge in [0.1, 0.15) is 0 Å². The minimum atomic E-state index is -0.520. The van der Waals surface area contributed by atoms with Crippen LogP contribution in [-0.4, -0.2) is 17.1 Å². The molecule has 1 aromatic heterocycles. The van der Waals surface area contributed by atoms with Crippen molar-refractivity contribution < 1.29 is 13.9 Å². The molecule has 0 unspecified atom stereocenters. The lowest BCUT2D eigenvalue weighted by molar-refractivity contribution is 0.231. The average Bonchev–Trinajstić information content (AvgIpc) is 2.55. The highest BCUT2D eigenvalue weighted by atomic mass is 19.1. The number of amides is 2. The number of benzene rings is 1. The first kappa shape index (κ1) is 18.3. The fourth-order valence-corrected chi connectivity index (χ4v) is 1.91. The number of carbonyl (C=O) groups excluding carboxylic acids is 1. The predicted octanol–water partition coefficient (Wildman–Crippen LogP) is 1.63. The Labute approximate surface area is 143 Å². The van der Waals surface area contributed by atoms with Crippen LogP contribution in [0.25, 0.3) is 0 Å². The second-order valence-electron chi connectivity index (χ2n) is 5.43. The van der Waals surface area contributed by atoms with Gasteiger partial charge >= 0.3 is 6.03 Å². The molecular formula is C16H20FN5O3. The zero-order valence-electron chi connectivity index (χ0n) is 13.9. The smallest absolute Gasteiger partial charge is 0.330 e. The molecule has 0 aliphatic rings. The second-order valence-corrected chi connectivity index (χ2v) is 5.43.